The topological polar surface area (TPSA) is 57.6 Å². The number of thioether (sulfide) groups is 1. The normalized spacial score (nSPS) is 20.8. The first-order chi connectivity index (χ1) is 10.5. The third-order valence-corrected chi connectivity index (χ3v) is 5.46. The molecule has 1 N–H and O–H groups in total. The van der Waals surface area contributed by atoms with Crippen LogP contribution in [0.1, 0.15) is 42.1 Å². The molecule has 1 aromatic rings. The maximum Gasteiger partial charge on any atom is 0.335 e. The van der Waals surface area contributed by atoms with Crippen LogP contribution in [0, 0.1) is 0 Å². The summed E-state index contributed by atoms with van der Waals surface area (Å²) in [5.41, 5.74) is 0.988. The lowest BCUT2D eigenvalue weighted by Gasteiger charge is -2.25. The molecule has 1 fully saturated rings. The SMILES string of the molecule is CCSC1CCC(N(C)C(=O)Cc2cccc(C(=O)O)c2)C1. The van der Waals surface area contributed by atoms with E-state index >= 15 is 0 Å². The van der Waals surface area contributed by atoms with Gasteiger partial charge in [-0.3, -0.25) is 4.79 Å². The fourth-order valence-electron chi connectivity index (χ4n) is 2.97. The summed E-state index contributed by atoms with van der Waals surface area (Å²) in [4.78, 5) is 25.2. The van der Waals surface area contributed by atoms with Gasteiger partial charge in [0.05, 0.1) is 12.0 Å². The third kappa shape index (κ3) is 4.26. The molecule has 2 rings (SSSR count). The maximum absolute atomic E-state index is 12.4. The van der Waals surface area contributed by atoms with Gasteiger partial charge in [-0.05, 0) is 42.7 Å². The van der Waals surface area contributed by atoms with Crippen LogP contribution >= 0.6 is 11.8 Å². The van der Waals surface area contributed by atoms with E-state index in [1.807, 2.05) is 29.8 Å². The highest BCUT2D eigenvalue weighted by atomic mass is 32.2. The van der Waals surface area contributed by atoms with Crippen LogP contribution in [0.2, 0.25) is 0 Å². The molecule has 4 nitrogen and oxygen atoms in total. The second-order valence-corrected chi connectivity index (χ2v) is 7.31. The van der Waals surface area contributed by atoms with Crippen LogP contribution in [0.4, 0.5) is 0 Å². The average Bonchev–Trinajstić information content (AvgIpc) is 2.95. The van der Waals surface area contributed by atoms with Gasteiger partial charge in [-0.25, -0.2) is 4.79 Å². The smallest absolute Gasteiger partial charge is 0.335 e. The van der Waals surface area contributed by atoms with E-state index in [1.54, 1.807) is 18.2 Å². The highest BCUT2D eigenvalue weighted by Gasteiger charge is 2.29. The van der Waals surface area contributed by atoms with E-state index in [-0.39, 0.29) is 17.9 Å². The molecule has 120 valence electrons. The van der Waals surface area contributed by atoms with Gasteiger partial charge in [0.15, 0.2) is 0 Å². The molecule has 0 aliphatic heterocycles. The minimum Gasteiger partial charge on any atom is -0.478 e. The number of carbonyl (C=O) groups is 2. The number of carboxylic acid groups (broad SMARTS) is 1. The Hall–Kier alpha value is -1.49. The Balaban J connectivity index is 1.94. The number of hydrogen-bond acceptors (Lipinski definition) is 3. The van der Waals surface area contributed by atoms with Gasteiger partial charge in [0.25, 0.3) is 0 Å². The number of aromatic carboxylic acids is 1. The summed E-state index contributed by atoms with van der Waals surface area (Å²) < 4.78 is 0. The molecule has 1 aromatic carbocycles. The number of amides is 1. The van der Waals surface area contributed by atoms with Crippen molar-refractivity contribution in [3.8, 4) is 0 Å². The Kier molecular flexibility index (Phi) is 5.89. The number of carbonyl (C=O) groups excluding carboxylic acids is 1. The molecule has 1 saturated carbocycles. The summed E-state index contributed by atoms with van der Waals surface area (Å²) >= 11 is 1.98. The van der Waals surface area contributed by atoms with Crippen LogP contribution in [0.25, 0.3) is 0 Å². The highest BCUT2D eigenvalue weighted by molar-refractivity contribution is 7.99. The van der Waals surface area contributed by atoms with Crippen LogP contribution < -0.4 is 0 Å². The Morgan fingerprint density at radius 1 is 1.36 bits per heavy atom. The second-order valence-electron chi connectivity index (χ2n) is 5.73. The summed E-state index contributed by atoms with van der Waals surface area (Å²) in [5.74, 6) is 0.226. The van der Waals surface area contributed by atoms with Crippen LogP contribution in [0.3, 0.4) is 0 Å². The fourth-order valence-corrected chi connectivity index (χ4v) is 4.11. The van der Waals surface area contributed by atoms with E-state index in [4.69, 9.17) is 5.11 Å². The van der Waals surface area contributed by atoms with Gasteiger partial charge in [-0.2, -0.15) is 11.8 Å². The maximum atomic E-state index is 12.4. The lowest BCUT2D eigenvalue weighted by atomic mass is 10.1. The van der Waals surface area contributed by atoms with Crippen molar-refractivity contribution in [1.29, 1.82) is 0 Å². The number of hydrogen-bond donors (Lipinski definition) is 1. The Bertz CT molecular complexity index is 546. The lowest BCUT2D eigenvalue weighted by molar-refractivity contribution is -0.131. The molecule has 0 spiro atoms. The third-order valence-electron chi connectivity index (χ3n) is 4.23. The molecule has 0 saturated heterocycles. The predicted octanol–water partition coefficient (Wildman–Crippen LogP) is 3.06. The van der Waals surface area contributed by atoms with Crippen molar-refractivity contribution >= 4 is 23.6 Å². The average molecular weight is 321 g/mol. The van der Waals surface area contributed by atoms with Gasteiger partial charge >= 0.3 is 5.97 Å². The summed E-state index contributed by atoms with van der Waals surface area (Å²) in [6.07, 6.45) is 3.57. The molecular weight excluding hydrogens is 298 g/mol. The van der Waals surface area contributed by atoms with E-state index in [2.05, 4.69) is 6.92 Å². The largest absolute Gasteiger partial charge is 0.478 e. The Labute approximate surface area is 135 Å². The molecule has 0 aromatic heterocycles. The monoisotopic (exact) mass is 321 g/mol. The summed E-state index contributed by atoms with van der Waals surface area (Å²) in [6.45, 7) is 2.17. The van der Waals surface area contributed by atoms with Crippen molar-refractivity contribution in [2.24, 2.45) is 0 Å². The summed E-state index contributed by atoms with van der Waals surface area (Å²) in [6, 6.07) is 6.94. The lowest BCUT2D eigenvalue weighted by Crippen LogP contribution is -2.36. The number of carboxylic acids is 1. The molecule has 2 atom stereocenters. The van der Waals surface area contributed by atoms with Gasteiger partial charge in [0, 0.05) is 18.3 Å². The van der Waals surface area contributed by atoms with E-state index < -0.39 is 5.97 Å². The predicted molar refractivity (Wildman–Crippen MR) is 89.4 cm³/mol. The zero-order valence-corrected chi connectivity index (χ0v) is 13.9. The van der Waals surface area contributed by atoms with Crippen molar-refractivity contribution in [2.45, 2.75) is 43.9 Å². The quantitative estimate of drug-likeness (QED) is 0.875. The van der Waals surface area contributed by atoms with Crippen molar-refractivity contribution in [1.82, 2.24) is 4.90 Å². The van der Waals surface area contributed by atoms with Crippen molar-refractivity contribution in [3.63, 3.8) is 0 Å². The van der Waals surface area contributed by atoms with E-state index in [0.29, 0.717) is 11.3 Å². The van der Waals surface area contributed by atoms with Gasteiger partial charge in [0.2, 0.25) is 5.91 Å². The molecule has 1 aliphatic carbocycles. The van der Waals surface area contributed by atoms with E-state index in [9.17, 15) is 9.59 Å². The first-order valence-corrected chi connectivity index (χ1v) is 8.75. The zero-order valence-electron chi connectivity index (χ0n) is 13.1. The molecule has 1 aliphatic rings. The number of rotatable bonds is 6. The zero-order chi connectivity index (χ0) is 16.1. The molecule has 5 heteroatoms. The number of likely N-dealkylation sites (N-methyl/N-ethyl adjacent to an activating group) is 1. The van der Waals surface area contributed by atoms with Crippen molar-refractivity contribution in [2.75, 3.05) is 12.8 Å². The van der Waals surface area contributed by atoms with Gasteiger partial charge < -0.3 is 10.0 Å². The Morgan fingerprint density at radius 2 is 2.14 bits per heavy atom. The molecule has 0 heterocycles. The van der Waals surface area contributed by atoms with E-state index in [0.717, 1.165) is 24.2 Å². The number of benzene rings is 1. The highest BCUT2D eigenvalue weighted by Crippen LogP contribution is 2.32. The molecular formula is C17H23NO3S. The first-order valence-electron chi connectivity index (χ1n) is 7.70. The molecule has 22 heavy (non-hydrogen) atoms. The van der Waals surface area contributed by atoms with Crippen LogP contribution in [0.15, 0.2) is 24.3 Å². The summed E-state index contributed by atoms with van der Waals surface area (Å²) in [5, 5.41) is 9.67. The van der Waals surface area contributed by atoms with Crippen LogP contribution in [-0.4, -0.2) is 46.0 Å². The van der Waals surface area contributed by atoms with Gasteiger partial charge in [0.1, 0.15) is 0 Å². The van der Waals surface area contributed by atoms with Crippen molar-refractivity contribution < 1.29 is 14.7 Å². The summed E-state index contributed by atoms with van der Waals surface area (Å²) in [7, 11) is 1.87. The Morgan fingerprint density at radius 3 is 2.82 bits per heavy atom. The van der Waals surface area contributed by atoms with Crippen molar-refractivity contribution in [3.05, 3.63) is 35.4 Å². The van der Waals surface area contributed by atoms with E-state index in [1.165, 1.54) is 6.42 Å². The van der Waals surface area contributed by atoms with Crippen LogP contribution in [0.5, 0.6) is 0 Å². The molecule has 2 unspecified atom stereocenters. The minimum atomic E-state index is -0.960. The molecule has 1 amide bonds. The first kappa shape index (κ1) is 16.9. The minimum absolute atomic E-state index is 0.0645. The second kappa shape index (κ2) is 7.68. The fraction of sp³-hybridized carbons (Fsp3) is 0.529. The standard InChI is InChI=1S/C17H23NO3S/c1-3-22-15-8-7-14(11-15)18(2)16(19)10-12-5-4-6-13(9-12)17(20)21/h4-6,9,14-15H,3,7-8,10-11H2,1-2H3,(H,20,21). The molecule has 0 radical (unpaired) electrons. The van der Waals surface area contributed by atoms with Gasteiger partial charge in [-0.1, -0.05) is 19.1 Å². The number of nitrogens with zero attached hydrogens (tertiary/aromatic N) is 1. The van der Waals surface area contributed by atoms with Gasteiger partial charge in [-0.15, -0.1) is 0 Å². The molecule has 0 bridgehead atoms. The van der Waals surface area contributed by atoms with Crippen LogP contribution in [-0.2, 0) is 11.2 Å².